The standard InChI is InChI=1S/C20H23F3N6O/c1-11(2)29-7-5-13(6-8-29)25-19-24-10-14-17(28-19)26-15-4-3-12(20(21,22)23)9-16(15)27-18(14)30/h3-4,9-11,13H,5-8H2,1-2H3,(H,27,30)(H2,24,25,26,28). The first kappa shape index (κ1) is 20.4. The van der Waals surface area contributed by atoms with E-state index in [1.807, 2.05) is 0 Å². The second-order valence-corrected chi connectivity index (χ2v) is 7.84. The molecule has 1 amide bonds. The molecule has 0 bridgehead atoms. The van der Waals surface area contributed by atoms with Crippen molar-refractivity contribution >= 4 is 29.0 Å². The van der Waals surface area contributed by atoms with Gasteiger partial charge in [-0.15, -0.1) is 0 Å². The zero-order chi connectivity index (χ0) is 21.5. The molecule has 0 aliphatic carbocycles. The lowest BCUT2D eigenvalue weighted by Crippen LogP contribution is -2.42. The third-order valence-electron chi connectivity index (χ3n) is 5.47. The quantitative estimate of drug-likeness (QED) is 0.694. The molecule has 0 radical (unpaired) electrons. The summed E-state index contributed by atoms with van der Waals surface area (Å²) in [6.45, 7) is 6.32. The lowest BCUT2D eigenvalue weighted by atomic mass is 10.0. The number of nitrogens with one attached hydrogen (secondary N) is 3. The van der Waals surface area contributed by atoms with Gasteiger partial charge in [0, 0.05) is 31.4 Å². The number of hydrogen-bond donors (Lipinski definition) is 3. The first-order valence-corrected chi connectivity index (χ1v) is 9.88. The third kappa shape index (κ3) is 4.18. The Kier molecular flexibility index (Phi) is 5.27. The van der Waals surface area contributed by atoms with E-state index in [1.165, 1.54) is 12.3 Å². The molecule has 30 heavy (non-hydrogen) atoms. The summed E-state index contributed by atoms with van der Waals surface area (Å²) in [5.74, 6) is 0.0721. The van der Waals surface area contributed by atoms with Gasteiger partial charge in [0.25, 0.3) is 5.91 Å². The maximum Gasteiger partial charge on any atom is 0.416 e. The van der Waals surface area contributed by atoms with Crippen LogP contribution in [0.15, 0.2) is 24.4 Å². The topological polar surface area (TPSA) is 82.2 Å². The molecule has 3 N–H and O–H groups in total. The summed E-state index contributed by atoms with van der Waals surface area (Å²) in [5, 5.41) is 8.77. The number of carbonyl (C=O) groups is 1. The fourth-order valence-electron chi connectivity index (χ4n) is 3.71. The number of nitrogens with zero attached hydrogens (tertiary/aromatic N) is 3. The van der Waals surface area contributed by atoms with Gasteiger partial charge in [-0.1, -0.05) is 0 Å². The monoisotopic (exact) mass is 420 g/mol. The zero-order valence-electron chi connectivity index (χ0n) is 16.7. The van der Waals surface area contributed by atoms with Crippen LogP contribution in [0.3, 0.4) is 0 Å². The average molecular weight is 420 g/mol. The van der Waals surface area contributed by atoms with Crippen LogP contribution in [0, 0.1) is 0 Å². The van der Waals surface area contributed by atoms with E-state index in [1.54, 1.807) is 0 Å². The number of anilines is 4. The lowest BCUT2D eigenvalue weighted by molar-refractivity contribution is -0.137. The van der Waals surface area contributed by atoms with E-state index in [0.29, 0.717) is 17.7 Å². The maximum absolute atomic E-state index is 13.0. The normalized spacial score (nSPS) is 17.6. The number of hydrogen-bond acceptors (Lipinski definition) is 6. The number of alkyl halides is 3. The van der Waals surface area contributed by atoms with Crippen LogP contribution in [-0.2, 0) is 6.18 Å². The van der Waals surface area contributed by atoms with Crippen LogP contribution in [0.2, 0.25) is 0 Å². The Morgan fingerprint density at radius 3 is 2.57 bits per heavy atom. The van der Waals surface area contributed by atoms with Gasteiger partial charge in [0.05, 0.1) is 16.9 Å². The molecule has 1 aromatic carbocycles. The van der Waals surface area contributed by atoms with E-state index in [9.17, 15) is 18.0 Å². The van der Waals surface area contributed by atoms with E-state index >= 15 is 0 Å². The number of likely N-dealkylation sites (tertiary alicyclic amines) is 1. The summed E-state index contributed by atoms with van der Waals surface area (Å²) in [5.41, 5.74) is -0.288. The number of amides is 1. The lowest BCUT2D eigenvalue weighted by Gasteiger charge is -2.34. The second-order valence-electron chi connectivity index (χ2n) is 7.84. The van der Waals surface area contributed by atoms with Gasteiger partial charge in [0.1, 0.15) is 11.4 Å². The van der Waals surface area contributed by atoms with Crippen molar-refractivity contribution in [3.05, 3.63) is 35.5 Å². The highest BCUT2D eigenvalue weighted by Gasteiger charge is 2.32. The predicted octanol–water partition coefficient (Wildman–Crippen LogP) is 4.09. The van der Waals surface area contributed by atoms with Crippen LogP contribution in [0.25, 0.3) is 0 Å². The Hall–Kier alpha value is -2.88. The van der Waals surface area contributed by atoms with Crippen LogP contribution >= 0.6 is 0 Å². The Balaban J connectivity index is 1.53. The molecule has 10 heteroatoms. The summed E-state index contributed by atoms with van der Waals surface area (Å²) in [6.07, 6.45) is -1.21. The molecule has 2 aliphatic rings. The van der Waals surface area contributed by atoms with E-state index in [4.69, 9.17) is 0 Å². The minimum absolute atomic E-state index is 0.0448. The largest absolute Gasteiger partial charge is 0.416 e. The van der Waals surface area contributed by atoms with Gasteiger partial charge in [-0.25, -0.2) is 4.98 Å². The van der Waals surface area contributed by atoms with Gasteiger partial charge in [0.2, 0.25) is 5.95 Å². The Morgan fingerprint density at radius 2 is 1.90 bits per heavy atom. The Morgan fingerprint density at radius 1 is 1.17 bits per heavy atom. The molecule has 7 nitrogen and oxygen atoms in total. The molecule has 2 aromatic rings. The summed E-state index contributed by atoms with van der Waals surface area (Å²) in [6, 6.07) is 3.88. The number of rotatable bonds is 3. The number of aromatic nitrogens is 2. The predicted molar refractivity (Wildman–Crippen MR) is 108 cm³/mol. The molecule has 160 valence electrons. The van der Waals surface area contributed by atoms with Crippen molar-refractivity contribution in [3.8, 4) is 0 Å². The molecule has 3 heterocycles. The first-order chi connectivity index (χ1) is 14.2. The summed E-state index contributed by atoms with van der Waals surface area (Å²) in [4.78, 5) is 23.6. The molecule has 2 aliphatic heterocycles. The fraction of sp³-hybridized carbons (Fsp3) is 0.450. The smallest absolute Gasteiger partial charge is 0.351 e. The van der Waals surface area contributed by atoms with Crippen LogP contribution in [-0.4, -0.2) is 45.9 Å². The zero-order valence-corrected chi connectivity index (χ0v) is 16.7. The first-order valence-electron chi connectivity index (χ1n) is 9.88. The molecular weight excluding hydrogens is 397 g/mol. The average Bonchev–Trinajstić information content (AvgIpc) is 2.82. The van der Waals surface area contributed by atoms with Crippen molar-refractivity contribution in [2.45, 2.75) is 44.9 Å². The van der Waals surface area contributed by atoms with E-state index < -0.39 is 17.6 Å². The molecular formula is C20H23F3N6O. The summed E-state index contributed by atoms with van der Waals surface area (Å²) >= 11 is 0. The van der Waals surface area contributed by atoms with Gasteiger partial charge in [-0.3, -0.25) is 4.79 Å². The van der Waals surface area contributed by atoms with Gasteiger partial charge >= 0.3 is 6.18 Å². The van der Waals surface area contributed by atoms with Crippen molar-refractivity contribution in [1.29, 1.82) is 0 Å². The van der Waals surface area contributed by atoms with Crippen LogP contribution in [0.4, 0.5) is 36.3 Å². The van der Waals surface area contributed by atoms with Crippen LogP contribution in [0.1, 0.15) is 42.6 Å². The summed E-state index contributed by atoms with van der Waals surface area (Å²) < 4.78 is 39.0. The molecule has 0 atom stereocenters. The van der Waals surface area contributed by atoms with E-state index in [-0.39, 0.29) is 23.1 Å². The number of benzene rings is 1. The number of halogens is 3. The van der Waals surface area contributed by atoms with Gasteiger partial charge in [-0.05, 0) is 44.9 Å². The van der Waals surface area contributed by atoms with Gasteiger partial charge < -0.3 is 20.9 Å². The minimum Gasteiger partial charge on any atom is -0.351 e. The highest BCUT2D eigenvalue weighted by Crippen LogP contribution is 2.37. The molecule has 0 unspecified atom stereocenters. The van der Waals surface area contributed by atoms with Crippen LogP contribution < -0.4 is 16.0 Å². The summed E-state index contributed by atoms with van der Waals surface area (Å²) in [7, 11) is 0. The van der Waals surface area contributed by atoms with Crippen molar-refractivity contribution in [1.82, 2.24) is 14.9 Å². The van der Waals surface area contributed by atoms with E-state index in [2.05, 4.69) is 44.7 Å². The maximum atomic E-state index is 13.0. The SMILES string of the molecule is CC(C)N1CCC(Nc2ncc3c(n2)Nc2ccc(C(F)(F)F)cc2NC3=O)CC1. The highest BCUT2D eigenvalue weighted by molar-refractivity contribution is 6.11. The minimum atomic E-state index is -4.50. The molecule has 1 aromatic heterocycles. The number of piperidine rings is 1. The third-order valence-corrected chi connectivity index (χ3v) is 5.47. The molecule has 0 spiro atoms. The number of fused-ring (bicyclic) bond motifs is 2. The van der Waals surface area contributed by atoms with Crippen molar-refractivity contribution in [3.63, 3.8) is 0 Å². The molecule has 4 rings (SSSR count). The highest BCUT2D eigenvalue weighted by atomic mass is 19.4. The van der Waals surface area contributed by atoms with Crippen LogP contribution in [0.5, 0.6) is 0 Å². The number of carbonyl (C=O) groups excluding carboxylic acids is 1. The van der Waals surface area contributed by atoms with Crippen molar-refractivity contribution in [2.24, 2.45) is 0 Å². The molecule has 1 fully saturated rings. The Labute approximate surface area is 172 Å². The van der Waals surface area contributed by atoms with Crippen molar-refractivity contribution in [2.75, 3.05) is 29.0 Å². The fourth-order valence-corrected chi connectivity index (χ4v) is 3.71. The Bertz CT molecular complexity index is 954. The van der Waals surface area contributed by atoms with Crippen molar-refractivity contribution < 1.29 is 18.0 Å². The molecule has 0 saturated carbocycles. The van der Waals surface area contributed by atoms with Gasteiger partial charge in [0.15, 0.2) is 0 Å². The van der Waals surface area contributed by atoms with E-state index in [0.717, 1.165) is 38.1 Å². The van der Waals surface area contributed by atoms with Gasteiger partial charge in [-0.2, -0.15) is 18.2 Å². The molecule has 1 saturated heterocycles. The second kappa shape index (κ2) is 7.75.